The van der Waals surface area contributed by atoms with Gasteiger partial charge in [0, 0.05) is 16.3 Å². The highest BCUT2D eigenvalue weighted by molar-refractivity contribution is 8.00. The Morgan fingerprint density at radius 2 is 1.93 bits per heavy atom. The molecule has 4 N–H and O–H groups in total. The molecule has 1 aliphatic heterocycles. The minimum absolute atomic E-state index is 0.213. The van der Waals surface area contributed by atoms with Gasteiger partial charge in [0.1, 0.15) is 12.1 Å². The lowest BCUT2D eigenvalue weighted by atomic mass is 9.97. The van der Waals surface area contributed by atoms with Gasteiger partial charge in [-0.05, 0) is 46.6 Å². The third kappa shape index (κ3) is 5.46. The Labute approximate surface area is 165 Å². The van der Waals surface area contributed by atoms with Gasteiger partial charge in [0.25, 0.3) is 5.91 Å². The molecule has 7 heteroatoms. The first-order valence-electron chi connectivity index (χ1n) is 9.16. The van der Waals surface area contributed by atoms with Gasteiger partial charge in [-0.25, -0.2) is 0 Å². The van der Waals surface area contributed by atoms with Crippen LogP contribution in [0.2, 0.25) is 0 Å². The van der Waals surface area contributed by atoms with Gasteiger partial charge in [-0.15, -0.1) is 11.8 Å². The molecule has 0 unspecified atom stereocenters. The van der Waals surface area contributed by atoms with Crippen LogP contribution in [0.15, 0.2) is 30.3 Å². The number of nitrogens with two attached hydrogens (primary N) is 1. The van der Waals surface area contributed by atoms with Gasteiger partial charge in [0.2, 0.25) is 5.91 Å². The van der Waals surface area contributed by atoms with E-state index in [1.807, 2.05) is 65.0 Å². The summed E-state index contributed by atoms with van der Waals surface area (Å²) >= 11 is 1.52. The molecule has 0 aromatic heterocycles. The van der Waals surface area contributed by atoms with Crippen LogP contribution < -0.4 is 11.1 Å². The Balaban J connectivity index is 2.13. The predicted octanol–water partition coefficient (Wildman–Crippen LogP) is 1.51. The zero-order valence-corrected chi connectivity index (χ0v) is 17.5. The van der Waals surface area contributed by atoms with Crippen LogP contribution >= 0.6 is 11.8 Å². The molecular formula is C20H31N3O3S. The van der Waals surface area contributed by atoms with Crippen molar-refractivity contribution in [2.45, 2.75) is 69.5 Å². The van der Waals surface area contributed by atoms with Crippen molar-refractivity contribution >= 4 is 23.6 Å². The first-order chi connectivity index (χ1) is 12.4. The van der Waals surface area contributed by atoms with Gasteiger partial charge in [0.15, 0.2) is 0 Å². The fourth-order valence-corrected chi connectivity index (χ4v) is 4.34. The third-order valence-electron chi connectivity index (χ3n) is 4.55. The summed E-state index contributed by atoms with van der Waals surface area (Å²) in [6, 6.07) is 8.11. The van der Waals surface area contributed by atoms with Crippen LogP contribution in [0.4, 0.5) is 0 Å². The number of nitrogens with zero attached hydrogens (tertiary/aromatic N) is 1. The molecule has 6 nitrogen and oxygen atoms in total. The van der Waals surface area contributed by atoms with Crippen LogP contribution in [0.3, 0.4) is 0 Å². The Kier molecular flexibility index (Phi) is 6.60. The maximum atomic E-state index is 12.9. The second-order valence-electron chi connectivity index (χ2n) is 8.63. The molecule has 1 aliphatic rings. The maximum Gasteiger partial charge on any atom is 0.254 e. The van der Waals surface area contributed by atoms with Gasteiger partial charge < -0.3 is 21.1 Å². The first kappa shape index (κ1) is 21.7. The number of aliphatic hydroxyl groups excluding tert-OH is 1. The molecule has 3 atom stereocenters. The number of carbonyl (C=O) groups is 2. The maximum absolute atomic E-state index is 12.9. The van der Waals surface area contributed by atoms with E-state index in [4.69, 9.17) is 5.73 Å². The van der Waals surface area contributed by atoms with Crippen LogP contribution in [0.1, 0.15) is 40.2 Å². The van der Waals surface area contributed by atoms with Crippen molar-refractivity contribution in [1.29, 1.82) is 0 Å². The number of amides is 2. The van der Waals surface area contributed by atoms with Gasteiger partial charge in [-0.1, -0.05) is 30.3 Å². The number of carbonyl (C=O) groups excluding carboxylic acids is 2. The summed E-state index contributed by atoms with van der Waals surface area (Å²) in [5, 5.41) is 13.5. The summed E-state index contributed by atoms with van der Waals surface area (Å²) in [4.78, 5) is 27.3. The van der Waals surface area contributed by atoms with Crippen LogP contribution in [0, 0.1) is 0 Å². The zero-order valence-electron chi connectivity index (χ0n) is 16.7. The second kappa shape index (κ2) is 8.20. The van der Waals surface area contributed by atoms with E-state index in [2.05, 4.69) is 5.32 Å². The summed E-state index contributed by atoms with van der Waals surface area (Å²) in [5.74, 6) is -0.358. The Bertz CT molecular complexity index is 673. The van der Waals surface area contributed by atoms with E-state index in [0.29, 0.717) is 12.3 Å². The summed E-state index contributed by atoms with van der Waals surface area (Å²) in [7, 11) is 0. The summed E-state index contributed by atoms with van der Waals surface area (Å²) < 4.78 is -0.450. The van der Waals surface area contributed by atoms with Gasteiger partial charge in [-0.3, -0.25) is 9.59 Å². The van der Waals surface area contributed by atoms with E-state index in [0.717, 1.165) is 5.56 Å². The number of hydrogen-bond acceptors (Lipinski definition) is 5. The van der Waals surface area contributed by atoms with Crippen molar-refractivity contribution in [3.63, 3.8) is 0 Å². The van der Waals surface area contributed by atoms with Crippen molar-refractivity contribution in [2.24, 2.45) is 5.73 Å². The number of hydrogen-bond donors (Lipinski definition) is 3. The fourth-order valence-electron chi connectivity index (χ4n) is 3.20. The molecule has 1 aromatic carbocycles. The van der Waals surface area contributed by atoms with Gasteiger partial charge in [0.05, 0.1) is 5.88 Å². The molecule has 0 saturated carbocycles. The van der Waals surface area contributed by atoms with E-state index < -0.39 is 34.4 Å². The molecule has 1 fully saturated rings. The molecule has 0 bridgehead atoms. The molecule has 0 spiro atoms. The molecule has 0 aliphatic carbocycles. The minimum Gasteiger partial charge on any atom is -0.382 e. The van der Waals surface area contributed by atoms with E-state index >= 15 is 0 Å². The average molecular weight is 394 g/mol. The zero-order chi connectivity index (χ0) is 20.4. The van der Waals surface area contributed by atoms with Crippen LogP contribution in [-0.2, 0) is 16.0 Å². The van der Waals surface area contributed by atoms with Crippen molar-refractivity contribution < 1.29 is 14.7 Å². The summed E-state index contributed by atoms with van der Waals surface area (Å²) in [5.41, 5.74) is 6.65. The Morgan fingerprint density at radius 3 is 2.48 bits per heavy atom. The number of aliphatic hydroxyl groups is 1. The molecule has 1 saturated heterocycles. The minimum atomic E-state index is -1.36. The molecule has 0 radical (unpaired) electrons. The van der Waals surface area contributed by atoms with Crippen molar-refractivity contribution in [1.82, 2.24) is 10.2 Å². The molecule has 150 valence electrons. The normalized spacial score (nSPS) is 21.6. The smallest absolute Gasteiger partial charge is 0.254 e. The molecular weight excluding hydrogens is 362 g/mol. The highest BCUT2D eigenvalue weighted by Gasteiger charge is 2.49. The van der Waals surface area contributed by atoms with Crippen molar-refractivity contribution in [3.05, 3.63) is 35.9 Å². The monoisotopic (exact) mass is 393 g/mol. The molecule has 1 aromatic rings. The number of benzene rings is 1. The third-order valence-corrected chi connectivity index (χ3v) is 5.92. The van der Waals surface area contributed by atoms with E-state index in [9.17, 15) is 14.7 Å². The van der Waals surface area contributed by atoms with E-state index in [-0.39, 0.29) is 5.91 Å². The summed E-state index contributed by atoms with van der Waals surface area (Å²) in [6.07, 6.45) is -0.971. The lowest BCUT2D eigenvalue weighted by Crippen LogP contribution is -2.59. The largest absolute Gasteiger partial charge is 0.382 e. The first-order valence-corrected chi connectivity index (χ1v) is 10.1. The fraction of sp³-hybridized carbons (Fsp3) is 0.600. The highest BCUT2D eigenvalue weighted by atomic mass is 32.2. The Morgan fingerprint density at radius 1 is 1.33 bits per heavy atom. The predicted molar refractivity (Wildman–Crippen MR) is 109 cm³/mol. The number of thioether (sulfide) groups is 1. The average Bonchev–Trinajstić information content (AvgIpc) is 2.88. The van der Waals surface area contributed by atoms with Crippen LogP contribution in [-0.4, -0.2) is 56.2 Å². The Hall–Kier alpha value is -1.57. The van der Waals surface area contributed by atoms with Crippen LogP contribution in [0.25, 0.3) is 0 Å². The lowest BCUT2D eigenvalue weighted by Gasteiger charge is -2.34. The van der Waals surface area contributed by atoms with Gasteiger partial charge in [-0.2, -0.15) is 0 Å². The van der Waals surface area contributed by atoms with Crippen molar-refractivity contribution in [3.8, 4) is 0 Å². The van der Waals surface area contributed by atoms with E-state index in [1.165, 1.54) is 16.7 Å². The lowest BCUT2D eigenvalue weighted by molar-refractivity contribution is -0.147. The molecule has 2 rings (SSSR count). The van der Waals surface area contributed by atoms with Crippen molar-refractivity contribution in [2.75, 3.05) is 5.88 Å². The van der Waals surface area contributed by atoms with Crippen LogP contribution in [0.5, 0.6) is 0 Å². The summed E-state index contributed by atoms with van der Waals surface area (Å²) in [6.45, 7) is 9.58. The topological polar surface area (TPSA) is 95.7 Å². The number of rotatable bonds is 5. The SMILES string of the molecule is CC(C)(C)NC(=O)[C@H]1N(C(=O)[C@H](O)[C@@H](N)Cc2ccccc2)CSC1(C)C. The quantitative estimate of drug-likeness (QED) is 0.705. The molecule has 2 amide bonds. The van der Waals surface area contributed by atoms with Gasteiger partial charge >= 0.3 is 0 Å². The highest BCUT2D eigenvalue weighted by Crippen LogP contribution is 2.40. The van der Waals surface area contributed by atoms with E-state index in [1.54, 1.807) is 0 Å². The standard InChI is InChI=1S/C20H31N3O3S/c1-19(2,3)22-17(25)16-20(4,5)27-12-23(16)18(26)15(24)14(21)11-13-9-7-6-8-10-13/h6-10,14-16,24H,11-12,21H2,1-5H3,(H,22,25)/t14-,15+,16+/m0/s1. The molecule has 27 heavy (non-hydrogen) atoms. The second-order valence-corrected chi connectivity index (χ2v) is 10.2. The molecule has 1 heterocycles. The number of nitrogens with one attached hydrogen (secondary N) is 1.